The molecule has 2 aromatic heterocycles. The van der Waals surface area contributed by atoms with E-state index in [1.807, 2.05) is 42.5 Å². The second-order valence-corrected chi connectivity index (χ2v) is 7.73. The smallest absolute Gasteiger partial charge is 0.331 e. The normalized spacial score (nSPS) is 11.0. The van der Waals surface area contributed by atoms with Gasteiger partial charge in [0.15, 0.2) is 12.4 Å². The lowest BCUT2D eigenvalue weighted by molar-refractivity contribution is -0.136. The summed E-state index contributed by atoms with van der Waals surface area (Å²) in [5, 5.41) is 0. The summed E-state index contributed by atoms with van der Waals surface area (Å²) in [6.45, 7) is 4.51. The Bertz CT molecular complexity index is 1090. The highest BCUT2D eigenvalue weighted by Gasteiger charge is 2.20. The number of nitrogens with one attached hydrogen (secondary N) is 1. The number of rotatable bonds is 7. The van der Waals surface area contributed by atoms with Crippen LogP contribution in [0.1, 0.15) is 43.9 Å². The van der Waals surface area contributed by atoms with Crippen LogP contribution >= 0.6 is 11.3 Å². The molecule has 0 fully saturated rings. The van der Waals surface area contributed by atoms with E-state index in [9.17, 15) is 14.4 Å². The van der Waals surface area contributed by atoms with E-state index in [1.54, 1.807) is 31.3 Å². The van der Waals surface area contributed by atoms with Gasteiger partial charge in [-0.25, -0.2) is 4.79 Å². The highest BCUT2D eigenvalue weighted by atomic mass is 32.1. The lowest BCUT2D eigenvalue weighted by Gasteiger charge is -2.02. The molecule has 0 atom stereocenters. The molecule has 1 N–H and O–H groups in total. The van der Waals surface area contributed by atoms with Crippen molar-refractivity contribution in [2.45, 2.75) is 20.8 Å². The second-order valence-electron chi connectivity index (χ2n) is 6.61. The van der Waals surface area contributed by atoms with Gasteiger partial charge >= 0.3 is 5.97 Å². The minimum atomic E-state index is -0.597. The lowest BCUT2D eigenvalue weighted by Crippen LogP contribution is -2.14. The van der Waals surface area contributed by atoms with Crippen LogP contribution in [0.15, 0.2) is 48.5 Å². The van der Waals surface area contributed by atoms with Gasteiger partial charge in [0.2, 0.25) is 5.78 Å². The van der Waals surface area contributed by atoms with Crippen molar-refractivity contribution in [3.63, 3.8) is 0 Å². The molecule has 0 aliphatic rings. The fourth-order valence-electron chi connectivity index (χ4n) is 3.16. The Hall–Kier alpha value is -3.25. The Balaban J connectivity index is 1.59. The number of H-pyrrole nitrogens is 1. The van der Waals surface area contributed by atoms with Crippen LogP contribution in [0.4, 0.5) is 0 Å². The maximum absolute atomic E-state index is 12.4. The van der Waals surface area contributed by atoms with Crippen LogP contribution in [0.2, 0.25) is 0 Å². The number of ketones is 2. The van der Waals surface area contributed by atoms with Crippen LogP contribution in [-0.4, -0.2) is 29.1 Å². The maximum atomic E-state index is 12.4. The van der Waals surface area contributed by atoms with Crippen LogP contribution in [0.5, 0.6) is 0 Å². The van der Waals surface area contributed by atoms with Crippen LogP contribution in [0.25, 0.3) is 16.5 Å². The van der Waals surface area contributed by atoms with E-state index in [0.29, 0.717) is 22.5 Å². The first-order chi connectivity index (χ1) is 13.9. The van der Waals surface area contributed by atoms with Crippen molar-refractivity contribution >= 4 is 34.9 Å². The molecule has 5 nitrogen and oxygen atoms in total. The summed E-state index contributed by atoms with van der Waals surface area (Å²) in [5.41, 5.74) is 3.14. The number of aromatic nitrogens is 1. The van der Waals surface area contributed by atoms with Crippen LogP contribution in [0.3, 0.4) is 0 Å². The van der Waals surface area contributed by atoms with Gasteiger partial charge in [0.05, 0.1) is 5.69 Å². The number of benzene rings is 1. The van der Waals surface area contributed by atoms with Gasteiger partial charge in [-0.15, -0.1) is 11.3 Å². The third kappa shape index (κ3) is 4.78. The number of Topliss-reactive ketones (excluding diaryl/α,β-unsaturated/α-hetero) is 2. The number of carbonyl (C=O) groups is 3. The largest absolute Gasteiger partial charge is 0.454 e. The van der Waals surface area contributed by atoms with Crippen molar-refractivity contribution in [1.82, 2.24) is 4.98 Å². The van der Waals surface area contributed by atoms with Gasteiger partial charge in [0, 0.05) is 27.1 Å². The molecular weight excluding hydrogens is 386 g/mol. The Kier molecular flexibility index (Phi) is 6.24. The molecule has 148 valence electrons. The number of ether oxygens (including phenoxy) is 1. The van der Waals surface area contributed by atoms with E-state index in [1.165, 1.54) is 13.0 Å². The maximum Gasteiger partial charge on any atom is 0.331 e. The zero-order valence-corrected chi connectivity index (χ0v) is 17.3. The molecule has 0 radical (unpaired) electrons. The van der Waals surface area contributed by atoms with E-state index >= 15 is 0 Å². The number of hydrogen-bond acceptors (Lipinski definition) is 5. The minimum absolute atomic E-state index is 0.110. The average Bonchev–Trinajstić information content (AvgIpc) is 3.29. The van der Waals surface area contributed by atoms with Gasteiger partial charge in [-0.2, -0.15) is 0 Å². The molecule has 6 heteroatoms. The molecular formula is C23H21NO4S. The van der Waals surface area contributed by atoms with Gasteiger partial charge in [-0.05, 0) is 50.1 Å². The standard InChI is InChI=1S/C23H21NO4S/c1-14-22(16(3)25)15(2)24-23(14)19(26)13-28-21(27)12-10-18-9-11-20(29-18)17-7-5-4-6-8-17/h4-12,24H,13H2,1-3H3/b12-10+. The van der Waals surface area contributed by atoms with Crippen molar-refractivity contribution in [2.75, 3.05) is 6.61 Å². The van der Waals surface area contributed by atoms with Gasteiger partial charge in [0.1, 0.15) is 0 Å². The van der Waals surface area contributed by atoms with Crippen LogP contribution in [0, 0.1) is 13.8 Å². The average molecular weight is 407 g/mol. The Labute approximate surface area is 173 Å². The van der Waals surface area contributed by atoms with Crippen molar-refractivity contribution in [1.29, 1.82) is 0 Å². The molecule has 0 amide bonds. The predicted molar refractivity (Wildman–Crippen MR) is 114 cm³/mol. The highest BCUT2D eigenvalue weighted by molar-refractivity contribution is 7.16. The van der Waals surface area contributed by atoms with Gasteiger partial charge in [0.25, 0.3) is 0 Å². The first kappa shape index (κ1) is 20.5. The molecule has 0 saturated carbocycles. The van der Waals surface area contributed by atoms with E-state index in [0.717, 1.165) is 15.3 Å². The van der Waals surface area contributed by atoms with Crippen molar-refractivity contribution in [2.24, 2.45) is 0 Å². The summed E-state index contributed by atoms with van der Waals surface area (Å²) in [6.07, 6.45) is 2.98. The molecule has 0 saturated heterocycles. The number of aromatic amines is 1. The number of aryl methyl sites for hydroxylation is 1. The van der Waals surface area contributed by atoms with E-state index in [2.05, 4.69) is 4.98 Å². The summed E-state index contributed by atoms with van der Waals surface area (Å²) in [5.74, 6) is -1.08. The zero-order valence-electron chi connectivity index (χ0n) is 16.4. The van der Waals surface area contributed by atoms with E-state index < -0.39 is 5.97 Å². The number of hydrogen-bond donors (Lipinski definition) is 1. The highest BCUT2D eigenvalue weighted by Crippen LogP contribution is 2.28. The monoisotopic (exact) mass is 407 g/mol. The third-order valence-corrected chi connectivity index (χ3v) is 5.58. The first-order valence-corrected chi connectivity index (χ1v) is 9.92. The molecule has 0 aliphatic carbocycles. The lowest BCUT2D eigenvalue weighted by atomic mass is 10.1. The summed E-state index contributed by atoms with van der Waals surface area (Å²) in [4.78, 5) is 40.9. The number of esters is 1. The topological polar surface area (TPSA) is 76.2 Å². The third-order valence-electron chi connectivity index (χ3n) is 4.48. The van der Waals surface area contributed by atoms with Crippen molar-refractivity contribution in [3.8, 4) is 10.4 Å². The quantitative estimate of drug-likeness (QED) is 0.340. The molecule has 1 aromatic carbocycles. The molecule has 2 heterocycles. The Morgan fingerprint density at radius 1 is 1.07 bits per heavy atom. The summed E-state index contributed by atoms with van der Waals surface area (Å²) in [7, 11) is 0. The van der Waals surface area contributed by atoms with E-state index in [4.69, 9.17) is 4.74 Å². The zero-order chi connectivity index (χ0) is 21.0. The summed E-state index contributed by atoms with van der Waals surface area (Å²) < 4.78 is 5.06. The van der Waals surface area contributed by atoms with Crippen molar-refractivity contribution < 1.29 is 19.1 Å². The Morgan fingerprint density at radius 2 is 1.79 bits per heavy atom. The second kappa shape index (κ2) is 8.84. The predicted octanol–water partition coefficient (Wildman–Crippen LogP) is 5.00. The molecule has 3 rings (SSSR count). The fourth-order valence-corrected chi connectivity index (χ4v) is 4.08. The van der Waals surface area contributed by atoms with E-state index in [-0.39, 0.29) is 18.2 Å². The summed E-state index contributed by atoms with van der Waals surface area (Å²) in [6, 6.07) is 13.9. The van der Waals surface area contributed by atoms with Crippen LogP contribution in [-0.2, 0) is 9.53 Å². The molecule has 0 unspecified atom stereocenters. The molecule has 0 spiro atoms. The van der Waals surface area contributed by atoms with Gasteiger partial charge < -0.3 is 9.72 Å². The molecule has 0 bridgehead atoms. The molecule has 29 heavy (non-hydrogen) atoms. The first-order valence-electron chi connectivity index (χ1n) is 9.10. The van der Waals surface area contributed by atoms with Crippen molar-refractivity contribution in [3.05, 3.63) is 75.9 Å². The number of carbonyl (C=O) groups excluding carboxylic acids is 3. The summed E-state index contributed by atoms with van der Waals surface area (Å²) >= 11 is 1.56. The SMILES string of the molecule is CC(=O)c1c(C)[nH]c(C(=O)COC(=O)/C=C/c2ccc(-c3ccccc3)s2)c1C. The minimum Gasteiger partial charge on any atom is -0.454 e. The van der Waals surface area contributed by atoms with Gasteiger partial charge in [-0.1, -0.05) is 30.3 Å². The number of thiophene rings is 1. The molecule has 3 aromatic rings. The van der Waals surface area contributed by atoms with Crippen LogP contribution < -0.4 is 0 Å². The Morgan fingerprint density at radius 3 is 2.45 bits per heavy atom. The molecule has 0 aliphatic heterocycles. The van der Waals surface area contributed by atoms with Gasteiger partial charge in [-0.3, -0.25) is 9.59 Å². The fraction of sp³-hybridized carbons (Fsp3) is 0.174.